The highest BCUT2D eigenvalue weighted by Gasteiger charge is 2.28. The molecule has 1 aliphatic heterocycles. The molecule has 0 spiro atoms. The van der Waals surface area contributed by atoms with E-state index in [0.29, 0.717) is 18.8 Å². The van der Waals surface area contributed by atoms with Crippen LogP contribution in [-0.4, -0.2) is 64.1 Å². The Balaban J connectivity index is 2.34. The maximum absolute atomic E-state index is 12.0. The lowest BCUT2D eigenvalue weighted by Crippen LogP contribution is -2.51. The summed E-state index contributed by atoms with van der Waals surface area (Å²) in [5, 5.41) is 11.7. The number of nitrogens with one attached hydrogen (secondary N) is 1. The molecule has 1 heterocycles. The lowest BCUT2D eigenvalue weighted by Gasteiger charge is -2.34. The largest absolute Gasteiger partial charge is 0.481 e. The predicted molar refractivity (Wildman–Crippen MR) is 81.0 cm³/mol. The van der Waals surface area contributed by atoms with Crippen LogP contribution in [0.3, 0.4) is 0 Å². The van der Waals surface area contributed by atoms with Crippen LogP contribution in [0.4, 0.5) is 4.79 Å². The van der Waals surface area contributed by atoms with Gasteiger partial charge in [-0.3, -0.25) is 4.79 Å². The predicted octanol–water partition coefficient (Wildman–Crippen LogP) is 1.51. The smallest absolute Gasteiger partial charge is 0.317 e. The van der Waals surface area contributed by atoms with Gasteiger partial charge in [0.2, 0.25) is 0 Å². The Labute approximate surface area is 122 Å². The van der Waals surface area contributed by atoms with Gasteiger partial charge < -0.3 is 15.3 Å². The number of rotatable bonds is 7. The summed E-state index contributed by atoms with van der Waals surface area (Å²) in [5.41, 5.74) is 0. The number of carbonyl (C=O) groups is 2. The van der Waals surface area contributed by atoms with E-state index in [1.807, 2.05) is 6.08 Å². The second kappa shape index (κ2) is 9.14. The molecule has 0 saturated carbocycles. The van der Waals surface area contributed by atoms with Gasteiger partial charge in [0.05, 0.1) is 12.5 Å². The summed E-state index contributed by atoms with van der Waals surface area (Å²) in [7, 11) is 0. The number of hydrogen-bond acceptors (Lipinski definition) is 4. The lowest BCUT2D eigenvalue weighted by atomic mass is 10.2. The molecular weight excluding hydrogens is 284 g/mol. The number of thioether (sulfide) groups is 2. The van der Waals surface area contributed by atoms with Crippen LogP contribution in [0, 0.1) is 0 Å². The lowest BCUT2D eigenvalue weighted by molar-refractivity contribution is -0.137. The monoisotopic (exact) mass is 304 g/mol. The minimum atomic E-state index is -0.855. The van der Waals surface area contributed by atoms with Crippen LogP contribution in [0.1, 0.15) is 6.42 Å². The van der Waals surface area contributed by atoms with E-state index < -0.39 is 5.97 Å². The van der Waals surface area contributed by atoms with Crippen molar-refractivity contribution in [3.05, 3.63) is 12.7 Å². The van der Waals surface area contributed by atoms with Gasteiger partial charge in [0.15, 0.2) is 0 Å². The maximum atomic E-state index is 12.0. The summed E-state index contributed by atoms with van der Waals surface area (Å²) in [6, 6.07) is -0.345. The molecule has 108 valence electrons. The zero-order valence-corrected chi connectivity index (χ0v) is 12.5. The van der Waals surface area contributed by atoms with Gasteiger partial charge in [0, 0.05) is 36.1 Å². The fourth-order valence-electron chi connectivity index (χ4n) is 1.79. The highest BCUT2D eigenvalue weighted by Crippen LogP contribution is 2.19. The van der Waals surface area contributed by atoms with Crippen LogP contribution in [0.2, 0.25) is 0 Å². The average molecular weight is 304 g/mol. The van der Waals surface area contributed by atoms with Crippen LogP contribution in [0.15, 0.2) is 12.7 Å². The van der Waals surface area contributed by atoms with Gasteiger partial charge in [-0.15, -0.1) is 6.58 Å². The molecule has 1 unspecified atom stereocenters. The molecule has 2 amide bonds. The molecular formula is C12H20N2O3S2. The minimum Gasteiger partial charge on any atom is -0.481 e. The fourth-order valence-corrected chi connectivity index (χ4v) is 3.43. The third-order valence-electron chi connectivity index (χ3n) is 2.66. The van der Waals surface area contributed by atoms with Crippen molar-refractivity contribution in [3.8, 4) is 0 Å². The Morgan fingerprint density at radius 2 is 2.37 bits per heavy atom. The minimum absolute atomic E-state index is 0.0195. The van der Waals surface area contributed by atoms with Crippen molar-refractivity contribution in [2.75, 3.05) is 36.1 Å². The van der Waals surface area contributed by atoms with Gasteiger partial charge >= 0.3 is 12.0 Å². The van der Waals surface area contributed by atoms with Gasteiger partial charge in [0.1, 0.15) is 0 Å². The van der Waals surface area contributed by atoms with Crippen molar-refractivity contribution in [2.45, 2.75) is 12.5 Å². The number of amides is 2. The number of urea groups is 1. The van der Waals surface area contributed by atoms with Gasteiger partial charge in [0.25, 0.3) is 0 Å². The number of carbonyl (C=O) groups excluding carboxylic acids is 1. The molecule has 0 bridgehead atoms. The number of nitrogens with zero attached hydrogens (tertiary/aromatic N) is 1. The number of hydrogen-bond donors (Lipinski definition) is 2. The Morgan fingerprint density at radius 1 is 1.58 bits per heavy atom. The summed E-state index contributed by atoms with van der Waals surface area (Å²) in [4.78, 5) is 24.4. The first-order chi connectivity index (χ1) is 9.15. The Kier molecular flexibility index (Phi) is 7.81. The molecule has 1 fully saturated rings. The van der Waals surface area contributed by atoms with Crippen molar-refractivity contribution < 1.29 is 14.7 Å². The van der Waals surface area contributed by atoms with E-state index >= 15 is 0 Å². The summed E-state index contributed by atoms with van der Waals surface area (Å²) in [5.74, 6) is 2.42. The molecule has 1 saturated heterocycles. The molecule has 19 heavy (non-hydrogen) atoms. The van der Waals surface area contributed by atoms with E-state index in [1.165, 1.54) is 0 Å². The zero-order chi connectivity index (χ0) is 14.1. The first-order valence-electron chi connectivity index (χ1n) is 6.17. The van der Waals surface area contributed by atoms with Crippen molar-refractivity contribution in [1.82, 2.24) is 10.2 Å². The second-order valence-corrected chi connectivity index (χ2v) is 6.42. The Morgan fingerprint density at radius 3 is 3.05 bits per heavy atom. The summed E-state index contributed by atoms with van der Waals surface area (Å²) in [6.45, 7) is 4.85. The maximum Gasteiger partial charge on any atom is 0.317 e. The van der Waals surface area contributed by atoms with E-state index in [-0.39, 0.29) is 18.5 Å². The van der Waals surface area contributed by atoms with Gasteiger partial charge in [-0.2, -0.15) is 23.5 Å². The first kappa shape index (κ1) is 16.2. The third-order valence-corrected chi connectivity index (χ3v) is 4.71. The quantitative estimate of drug-likeness (QED) is 0.551. The van der Waals surface area contributed by atoms with E-state index in [2.05, 4.69) is 11.9 Å². The van der Waals surface area contributed by atoms with Gasteiger partial charge in [-0.25, -0.2) is 4.79 Å². The van der Waals surface area contributed by atoms with Crippen molar-refractivity contribution in [3.63, 3.8) is 0 Å². The molecule has 0 aliphatic carbocycles. The third kappa shape index (κ3) is 6.24. The van der Waals surface area contributed by atoms with Crippen LogP contribution >= 0.6 is 23.5 Å². The van der Waals surface area contributed by atoms with Gasteiger partial charge in [-0.05, 0) is 0 Å². The van der Waals surface area contributed by atoms with E-state index in [1.54, 1.807) is 28.4 Å². The summed E-state index contributed by atoms with van der Waals surface area (Å²) >= 11 is 3.40. The SMILES string of the molecule is C=CCSCCNC(=O)N1CCSCC1CC(=O)O. The molecule has 0 aromatic carbocycles. The summed E-state index contributed by atoms with van der Waals surface area (Å²) < 4.78 is 0. The number of aliphatic carboxylic acids is 1. The molecule has 1 atom stereocenters. The molecule has 1 aliphatic rings. The number of carboxylic acids is 1. The van der Waals surface area contributed by atoms with Crippen LogP contribution in [0.25, 0.3) is 0 Å². The first-order valence-corrected chi connectivity index (χ1v) is 8.48. The van der Waals surface area contributed by atoms with E-state index in [4.69, 9.17) is 5.11 Å². The second-order valence-electron chi connectivity index (χ2n) is 4.12. The van der Waals surface area contributed by atoms with Gasteiger partial charge in [-0.1, -0.05) is 6.08 Å². The average Bonchev–Trinajstić information content (AvgIpc) is 2.38. The molecule has 5 nitrogen and oxygen atoms in total. The molecule has 0 aromatic heterocycles. The highest BCUT2D eigenvalue weighted by atomic mass is 32.2. The van der Waals surface area contributed by atoms with Crippen molar-refractivity contribution in [1.29, 1.82) is 0 Å². The molecule has 0 radical (unpaired) electrons. The van der Waals surface area contributed by atoms with Crippen molar-refractivity contribution in [2.24, 2.45) is 0 Å². The highest BCUT2D eigenvalue weighted by molar-refractivity contribution is 7.99. The van der Waals surface area contributed by atoms with Crippen molar-refractivity contribution >= 4 is 35.5 Å². The van der Waals surface area contributed by atoms with Crippen LogP contribution in [0.5, 0.6) is 0 Å². The molecule has 7 heteroatoms. The fraction of sp³-hybridized carbons (Fsp3) is 0.667. The standard InChI is InChI=1S/C12H20N2O3S2/c1-2-5-18-6-3-13-12(17)14-4-7-19-9-10(14)8-11(15)16/h2,10H,1,3-9H2,(H,13,17)(H,15,16). The number of carboxylic acid groups (broad SMARTS) is 1. The molecule has 1 rings (SSSR count). The van der Waals surface area contributed by atoms with E-state index in [9.17, 15) is 9.59 Å². The van der Waals surface area contributed by atoms with Crippen LogP contribution in [-0.2, 0) is 4.79 Å². The topological polar surface area (TPSA) is 69.6 Å². The van der Waals surface area contributed by atoms with Crippen LogP contribution < -0.4 is 5.32 Å². The normalized spacial score (nSPS) is 18.9. The molecule has 0 aromatic rings. The molecule has 2 N–H and O–H groups in total. The van der Waals surface area contributed by atoms with E-state index in [0.717, 1.165) is 17.3 Å². The Bertz CT molecular complexity index is 326. The summed E-state index contributed by atoms with van der Waals surface area (Å²) in [6.07, 6.45) is 1.85. The zero-order valence-electron chi connectivity index (χ0n) is 10.8. The Hall–Kier alpha value is -0.820.